The molecule has 0 radical (unpaired) electrons. The topological polar surface area (TPSA) is 169 Å². The highest BCUT2D eigenvalue weighted by atomic mass is 16.6. The van der Waals surface area contributed by atoms with E-state index < -0.39 is 61.6 Å². The minimum Gasteiger partial charge on any atom is -0.461 e. The Morgan fingerprint density at radius 2 is 1.35 bits per heavy atom. The minimum absolute atomic E-state index is 0.0562. The Hall–Kier alpha value is -3.22. The Kier molecular flexibility index (Phi) is 17.5. The number of benzene rings is 1. The molecule has 0 saturated heterocycles. The number of hydrogen-bond donors (Lipinski definition) is 3. The molecule has 2 atom stereocenters. The van der Waals surface area contributed by atoms with Crippen molar-refractivity contribution in [3.8, 4) is 0 Å². The van der Waals surface area contributed by atoms with E-state index in [0.717, 1.165) is 11.1 Å². The van der Waals surface area contributed by atoms with Crippen molar-refractivity contribution in [2.24, 2.45) is 5.92 Å². The third-order valence-electron chi connectivity index (χ3n) is 6.28. The van der Waals surface area contributed by atoms with E-state index in [0.29, 0.717) is 12.8 Å². The van der Waals surface area contributed by atoms with Gasteiger partial charge in [-0.1, -0.05) is 36.8 Å². The number of aliphatic hydroxyl groups is 3. The van der Waals surface area contributed by atoms with Gasteiger partial charge in [0.1, 0.15) is 18.3 Å². The summed E-state index contributed by atoms with van der Waals surface area (Å²) < 4.78 is 20.9. The fourth-order valence-corrected chi connectivity index (χ4v) is 3.77. The molecule has 3 N–H and O–H groups in total. The predicted molar refractivity (Wildman–Crippen MR) is 157 cm³/mol. The van der Waals surface area contributed by atoms with Crippen molar-refractivity contribution in [1.29, 1.82) is 0 Å². The number of ether oxygens (including phenoxy) is 4. The lowest BCUT2D eigenvalue weighted by molar-refractivity contribution is -0.163. The summed E-state index contributed by atoms with van der Waals surface area (Å²) in [7, 11) is 0. The molecule has 0 aliphatic rings. The molecule has 12 heteroatoms. The van der Waals surface area contributed by atoms with Crippen LogP contribution in [0.2, 0.25) is 0 Å². The van der Waals surface area contributed by atoms with Crippen molar-refractivity contribution in [1.82, 2.24) is 4.90 Å². The van der Waals surface area contributed by atoms with E-state index >= 15 is 0 Å². The molecular formula is C31H49NO11. The van der Waals surface area contributed by atoms with Crippen LogP contribution in [-0.2, 0) is 39.8 Å². The second-order valence-electron chi connectivity index (χ2n) is 11.5. The Labute approximate surface area is 254 Å². The predicted octanol–water partition coefficient (Wildman–Crippen LogP) is 2.70. The fourth-order valence-electron chi connectivity index (χ4n) is 3.77. The van der Waals surface area contributed by atoms with Crippen LogP contribution in [-0.4, -0.2) is 102 Å². The number of carbonyl (C=O) groups is 4. The van der Waals surface area contributed by atoms with Crippen LogP contribution in [0.15, 0.2) is 24.3 Å². The summed E-state index contributed by atoms with van der Waals surface area (Å²) in [6.07, 6.45) is -1.02. The molecule has 0 fully saturated rings. The van der Waals surface area contributed by atoms with Crippen molar-refractivity contribution < 1.29 is 53.4 Å². The molecule has 0 bridgehead atoms. The number of rotatable bonds is 19. The van der Waals surface area contributed by atoms with Crippen LogP contribution in [0.25, 0.3) is 0 Å². The standard InChI is InChI=1S/C31H49NO11/c1-22-10-13-24(14-11-22)15-12-23(2)29(38)40-21-26(20-35)42-28(37)9-7-17-32(30(39)43-31(3,4)5)16-6-8-27(36)41-25(18-33)19-34/h10-11,13-14,23,25-26,33-35H,6-9,12,15-21H2,1-5H3. The summed E-state index contributed by atoms with van der Waals surface area (Å²) in [5, 5.41) is 27.7. The quantitative estimate of drug-likeness (QED) is 0.155. The molecule has 0 heterocycles. The van der Waals surface area contributed by atoms with Gasteiger partial charge < -0.3 is 39.2 Å². The van der Waals surface area contributed by atoms with Crippen molar-refractivity contribution in [2.45, 2.75) is 91.0 Å². The van der Waals surface area contributed by atoms with E-state index in [4.69, 9.17) is 29.2 Å². The Morgan fingerprint density at radius 3 is 1.84 bits per heavy atom. The van der Waals surface area contributed by atoms with Gasteiger partial charge in [-0.25, -0.2) is 4.79 Å². The lowest BCUT2D eigenvalue weighted by Gasteiger charge is -2.27. The molecule has 2 unspecified atom stereocenters. The molecule has 0 saturated carbocycles. The van der Waals surface area contributed by atoms with Crippen molar-refractivity contribution in [3.63, 3.8) is 0 Å². The van der Waals surface area contributed by atoms with Crippen LogP contribution < -0.4 is 0 Å². The summed E-state index contributed by atoms with van der Waals surface area (Å²) in [6.45, 7) is 7.38. The second-order valence-corrected chi connectivity index (χ2v) is 11.5. The first-order valence-corrected chi connectivity index (χ1v) is 14.7. The van der Waals surface area contributed by atoms with E-state index in [1.165, 1.54) is 4.90 Å². The summed E-state index contributed by atoms with van der Waals surface area (Å²) in [5.41, 5.74) is 1.52. The van der Waals surface area contributed by atoms with Gasteiger partial charge in [-0.2, -0.15) is 0 Å². The Balaban J connectivity index is 2.50. The van der Waals surface area contributed by atoms with Gasteiger partial charge in [-0.05, 0) is 58.9 Å². The van der Waals surface area contributed by atoms with E-state index in [1.807, 2.05) is 31.2 Å². The Bertz CT molecular complexity index is 986. The maximum Gasteiger partial charge on any atom is 0.410 e. The van der Waals surface area contributed by atoms with Crippen molar-refractivity contribution in [3.05, 3.63) is 35.4 Å². The third-order valence-corrected chi connectivity index (χ3v) is 6.28. The highest BCUT2D eigenvalue weighted by Gasteiger charge is 2.24. The second kappa shape index (κ2) is 19.9. The fraction of sp³-hybridized carbons (Fsp3) is 0.677. The third kappa shape index (κ3) is 16.9. The molecule has 1 aromatic carbocycles. The largest absolute Gasteiger partial charge is 0.461 e. The first kappa shape index (κ1) is 37.8. The zero-order chi connectivity index (χ0) is 32.4. The number of esters is 3. The average molecular weight is 612 g/mol. The maximum atomic E-state index is 12.7. The average Bonchev–Trinajstić information content (AvgIpc) is 2.95. The number of hydrogen-bond acceptors (Lipinski definition) is 11. The lowest BCUT2D eigenvalue weighted by atomic mass is 10.0. The van der Waals surface area contributed by atoms with Crippen LogP contribution in [0.1, 0.15) is 70.9 Å². The lowest BCUT2D eigenvalue weighted by Crippen LogP contribution is -2.38. The van der Waals surface area contributed by atoms with Crippen LogP contribution in [0, 0.1) is 12.8 Å². The Morgan fingerprint density at radius 1 is 0.837 bits per heavy atom. The zero-order valence-electron chi connectivity index (χ0n) is 26.1. The molecule has 43 heavy (non-hydrogen) atoms. The van der Waals surface area contributed by atoms with Crippen LogP contribution >= 0.6 is 0 Å². The molecule has 244 valence electrons. The SMILES string of the molecule is Cc1ccc(CCC(C)C(=O)OCC(CO)OC(=O)CCCN(CCCC(=O)OC(CO)CO)C(=O)OC(C)(C)C)cc1. The minimum atomic E-state index is -1.02. The molecule has 12 nitrogen and oxygen atoms in total. The number of aliphatic hydroxyl groups excluding tert-OH is 3. The van der Waals surface area contributed by atoms with Gasteiger partial charge in [-0.15, -0.1) is 0 Å². The van der Waals surface area contributed by atoms with E-state index in [2.05, 4.69) is 0 Å². The van der Waals surface area contributed by atoms with Gasteiger partial charge in [0.2, 0.25) is 0 Å². The summed E-state index contributed by atoms with van der Waals surface area (Å²) in [4.78, 5) is 50.8. The summed E-state index contributed by atoms with van der Waals surface area (Å²) >= 11 is 0. The molecular weight excluding hydrogens is 562 g/mol. The van der Waals surface area contributed by atoms with Gasteiger partial charge >= 0.3 is 24.0 Å². The van der Waals surface area contributed by atoms with E-state index in [-0.39, 0.29) is 51.3 Å². The van der Waals surface area contributed by atoms with Crippen LogP contribution in [0.5, 0.6) is 0 Å². The van der Waals surface area contributed by atoms with Gasteiger partial charge in [0.15, 0.2) is 6.10 Å². The first-order valence-electron chi connectivity index (χ1n) is 14.7. The highest BCUT2D eigenvalue weighted by molar-refractivity contribution is 5.72. The van der Waals surface area contributed by atoms with Gasteiger partial charge in [0.05, 0.1) is 25.7 Å². The van der Waals surface area contributed by atoms with Gasteiger partial charge in [-0.3, -0.25) is 14.4 Å². The highest BCUT2D eigenvalue weighted by Crippen LogP contribution is 2.14. The van der Waals surface area contributed by atoms with Crippen LogP contribution in [0.3, 0.4) is 0 Å². The van der Waals surface area contributed by atoms with E-state index in [1.54, 1.807) is 27.7 Å². The monoisotopic (exact) mass is 611 g/mol. The van der Waals surface area contributed by atoms with Crippen LogP contribution in [0.4, 0.5) is 4.79 Å². The van der Waals surface area contributed by atoms with Crippen molar-refractivity contribution in [2.75, 3.05) is 39.5 Å². The number of carbonyl (C=O) groups excluding carboxylic acids is 4. The summed E-state index contributed by atoms with van der Waals surface area (Å²) in [6, 6.07) is 8.07. The number of nitrogens with zero attached hydrogens (tertiary/aromatic N) is 1. The summed E-state index contributed by atoms with van der Waals surface area (Å²) in [5.74, 6) is -2.07. The van der Waals surface area contributed by atoms with E-state index in [9.17, 15) is 24.3 Å². The van der Waals surface area contributed by atoms with Gasteiger partial charge in [0.25, 0.3) is 0 Å². The number of aryl methyl sites for hydroxylation is 2. The van der Waals surface area contributed by atoms with Crippen molar-refractivity contribution >= 4 is 24.0 Å². The first-order chi connectivity index (χ1) is 20.3. The molecule has 0 aliphatic heterocycles. The molecule has 0 aliphatic carbocycles. The smallest absolute Gasteiger partial charge is 0.410 e. The number of amides is 1. The molecule has 0 aromatic heterocycles. The molecule has 1 rings (SSSR count). The van der Waals surface area contributed by atoms with Gasteiger partial charge in [0, 0.05) is 25.9 Å². The normalized spacial score (nSPS) is 12.8. The maximum absolute atomic E-state index is 12.7. The molecule has 1 aromatic rings. The zero-order valence-corrected chi connectivity index (χ0v) is 26.1. The molecule has 0 spiro atoms. The molecule has 1 amide bonds.